The number of nitrogens with zero attached hydrogens (tertiary/aromatic N) is 2. The van der Waals surface area contributed by atoms with Crippen LogP contribution in [0.4, 0.5) is 5.69 Å². The maximum Gasteiger partial charge on any atom is 0.168 e. The molecule has 0 radical (unpaired) electrons. The zero-order valence-corrected chi connectivity index (χ0v) is 17.0. The summed E-state index contributed by atoms with van der Waals surface area (Å²) in [6.07, 6.45) is 2.41. The van der Waals surface area contributed by atoms with Crippen molar-refractivity contribution in [3.8, 4) is 10.6 Å². The van der Waals surface area contributed by atoms with Gasteiger partial charge in [0.05, 0.1) is 21.5 Å². The monoisotopic (exact) mass is 390 g/mol. The van der Waals surface area contributed by atoms with Crippen LogP contribution in [0, 0.1) is 12.3 Å². The quantitative estimate of drug-likeness (QED) is 0.544. The van der Waals surface area contributed by atoms with Crippen LogP contribution in [0.5, 0.6) is 0 Å². The fraction of sp³-hybridized carbons (Fsp3) is 0.261. The zero-order valence-electron chi connectivity index (χ0n) is 16.2. The van der Waals surface area contributed by atoms with E-state index in [1.54, 1.807) is 11.3 Å². The minimum absolute atomic E-state index is 0.0566. The van der Waals surface area contributed by atoms with E-state index in [0.717, 1.165) is 21.8 Å². The van der Waals surface area contributed by atoms with Gasteiger partial charge >= 0.3 is 0 Å². The third-order valence-electron chi connectivity index (χ3n) is 4.90. The van der Waals surface area contributed by atoms with Gasteiger partial charge < -0.3 is 5.11 Å². The lowest BCUT2D eigenvalue weighted by Gasteiger charge is -2.28. The molecule has 0 amide bonds. The van der Waals surface area contributed by atoms with Gasteiger partial charge in [-0.1, -0.05) is 19.9 Å². The van der Waals surface area contributed by atoms with Crippen molar-refractivity contribution >= 4 is 39.2 Å². The number of carbonyl (C=O) groups is 1. The van der Waals surface area contributed by atoms with Crippen LogP contribution in [0.2, 0.25) is 0 Å². The maximum atomic E-state index is 12.3. The first kappa shape index (κ1) is 18.6. The SMILES string of the molecule is Cc1ccc2sc(-c3ccc(N=CC4=C(O)CC(C)(C)CC4=O)cc3)nc2c1. The number of aromatic nitrogens is 1. The predicted octanol–water partition coefficient (Wildman–Crippen LogP) is 6.18. The lowest BCUT2D eigenvalue weighted by molar-refractivity contribution is -0.117. The molecule has 1 aliphatic carbocycles. The Morgan fingerprint density at radius 1 is 1.14 bits per heavy atom. The number of rotatable bonds is 3. The number of aliphatic imine (C=N–C) groups is 1. The number of ketones is 1. The van der Waals surface area contributed by atoms with Crippen molar-refractivity contribution in [2.24, 2.45) is 10.4 Å². The van der Waals surface area contributed by atoms with Crippen LogP contribution < -0.4 is 0 Å². The van der Waals surface area contributed by atoms with Gasteiger partial charge in [0.25, 0.3) is 0 Å². The summed E-state index contributed by atoms with van der Waals surface area (Å²) in [6, 6.07) is 14.1. The molecule has 1 heterocycles. The van der Waals surface area contributed by atoms with Crippen LogP contribution in [0.15, 0.2) is 58.8 Å². The average Bonchev–Trinajstić information content (AvgIpc) is 3.03. The number of hydrogen-bond donors (Lipinski definition) is 1. The number of thiazole rings is 1. The van der Waals surface area contributed by atoms with Crippen molar-refractivity contribution in [3.05, 3.63) is 59.4 Å². The summed E-state index contributed by atoms with van der Waals surface area (Å²) in [5.74, 6) is 0.0743. The summed E-state index contributed by atoms with van der Waals surface area (Å²) in [5, 5.41) is 11.2. The normalized spacial score (nSPS) is 17.0. The first-order valence-electron chi connectivity index (χ1n) is 9.28. The lowest BCUT2D eigenvalue weighted by atomic mass is 9.77. The van der Waals surface area contributed by atoms with Crippen LogP contribution in [0.25, 0.3) is 20.8 Å². The molecule has 2 aromatic carbocycles. The number of allylic oxidation sites excluding steroid dienone is 2. The number of aliphatic hydroxyl groups is 1. The van der Waals surface area contributed by atoms with Crippen LogP contribution in [0.3, 0.4) is 0 Å². The van der Waals surface area contributed by atoms with E-state index in [1.807, 2.05) is 38.1 Å². The first-order valence-corrected chi connectivity index (χ1v) is 10.1. The van der Waals surface area contributed by atoms with Gasteiger partial charge in [0.15, 0.2) is 5.78 Å². The Kier molecular flexibility index (Phi) is 4.63. The Balaban J connectivity index is 1.56. The van der Waals surface area contributed by atoms with Gasteiger partial charge in [-0.05, 0) is 54.3 Å². The molecule has 5 heteroatoms. The molecule has 0 saturated heterocycles. The molecule has 0 bridgehead atoms. The van der Waals surface area contributed by atoms with E-state index < -0.39 is 0 Å². The fourth-order valence-corrected chi connectivity index (χ4v) is 4.39. The Morgan fingerprint density at radius 2 is 1.89 bits per heavy atom. The Hall–Kier alpha value is -2.79. The van der Waals surface area contributed by atoms with Gasteiger partial charge in [-0.2, -0.15) is 0 Å². The minimum atomic E-state index is -0.198. The lowest BCUT2D eigenvalue weighted by Crippen LogP contribution is -2.26. The van der Waals surface area contributed by atoms with E-state index in [9.17, 15) is 9.90 Å². The Labute approximate surface area is 168 Å². The van der Waals surface area contributed by atoms with Gasteiger partial charge in [-0.15, -0.1) is 11.3 Å². The second-order valence-electron chi connectivity index (χ2n) is 8.10. The van der Waals surface area contributed by atoms with Crippen molar-refractivity contribution < 1.29 is 9.90 Å². The zero-order chi connectivity index (χ0) is 19.9. The van der Waals surface area contributed by atoms with Gasteiger partial charge in [-0.25, -0.2) is 4.98 Å². The molecule has 1 aromatic heterocycles. The van der Waals surface area contributed by atoms with E-state index in [-0.39, 0.29) is 17.0 Å². The number of aryl methyl sites for hydroxylation is 1. The van der Waals surface area contributed by atoms with Crippen LogP contribution >= 0.6 is 11.3 Å². The molecule has 0 unspecified atom stereocenters. The second-order valence-corrected chi connectivity index (χ2v) is 9.13. The third-order valence-corrected chi connectivity index (χ3v) is 5.98. The second kappa shape index (κ2) is 6.99. The summed E-state index contributed by atoms with van der Waals surface area (Å²) in [5.41, 5.74) is 4.12. The minimum Gasteiger partial charge on any atom is -0.511 e. The summed E-state index contributed by atoms with van der Waals surface area (Å²) >= 11 is 1.67. The van der Waals surface area contributed by atoms with Gasteiger partial charge in [0.1, 0.15) is 10.8 Å². The third kappa shape index (κ3) is 3.76. The number of fused-ring (bicyclic) bond motifs is 1. The molecular weight excluding hydrogens is 368 g/mol. The van der Waals surface area contributed by atoms with Crippen LogP contribution in [0.1, 0.15) is 32.3 Å². The van der Waals surface area contributed by atoms with Crippen LogP contribution in [-0.2, 0) is 4.79 Å². The van der Waals surface area contributed by atoms with Gasteiger partial charge in [0, 0.05) is 24.6 Å². The highest BCUT2D eigenvalue weighted by Gasteiger charge is 2.32. The molecule has 0 spiro atoms. The highest BCUT2D eigenvalue weighted by atomic mass is 32.1. The van der Waals surface area contributed by atoms with Crippen LogP contribution in [-0.4, -0.2) is 22.1 Å². The summed E-state index contributed by atoms with van der Waals surface area (Å²) < 4.78 is 1.17. The first-order chi connectivity index (χ1) is 13.3. The highest BCUT2D eigenvalue weighted by Crippen LogP contribution is 2.35. The molecule has 0 aliphatic heterocycles. The molecule has 3 aromatic rings. The van der Waals surface area contributed by atoms with Crippen molar-refractivity contribution in [3.63, 3.8) is 0 Å². The summed E-state index contributed by atoms with van der Waals surface area (Å²) in [6.45, 7) is 6.03. The van der Waals surface area contributed by atoms with E-state index in [0.29, 0.717) is 18.4 Å². The van der Waals surface area contributed by atoms with Gasteiger partial charge in [0.2, 0.25) is 0 Å². The average molecular weight is 391 g/mol. The smallest absolute Gasteiger partial charge is 0.168 e. The fourth-order valence-electron chi connectivity index (χ4n) is 3.44. The summed E-state index contributed by atoms with van der Waals surface area (Å²) in [4.78, 5) is 21.4. The number of Topliss-reactive ketones (excluding diaryl/α,β-unsaturated/α-hetero) is 1. The molecule has 0 fully saturated rings. The van der Waals surface area contributed by atoms with E-state index in [4.69, 9.17) is 4.98 Å². The van der Waals surface area contributed by atoms with Crippen molar-refractivity contribution in [2.75, 3.05) is 0 Å². The number of aliphatic hydroxyl groups excluding tert-OH is 1. The van der Waals surface area contributed by atoms with E-state index in [1.165, 1.54) is 16.5 Å². The molecule has 0 atom stereocenters. The van der Waals surface area contributed by atoms with Crippen molar-refractivity contribution in [1.29, 1.82) is 0 Å². The largest absolute Gasteiger partial charge is 0.511 e. The standard InChI is InChI=1S/C23H22N2O2S/c1-14-4-9-21-18(10-14)25-22(28-21)15-5-7-16(8-6-15)24-13-17-19(26)11-23(2,3)12-20(17)27/h4-10,13,26H,11-12H2,1-3H3. The van der Waals surface area contributed by atoms with Crippen molar-refractivity contribution in [1.82, 2.24) is 4.98 Å². The number of benzene rings is 2. The number of hydrogen-bond acceptors (Lipinski definition) is 5. The summed E-state index contributed by atoms with van der Waals surface area (Å²) in [7, 11) is 0. The number of carbonyl (C=O) groups excluding carboxylic acids is 1. The molecule has 4 nitrogen and oxygen atoms in total. The van der Waals surface area contributed by atoms with E-state index >= 15 is 0 Å². The topological polar surface area (TPSA) is 62.6 Å². The Bertz CT molecular complexity index is 1120. The van der Waals surface area contributed by atoms with Crippen molar-refractivity contribution in [2.45, 2.75) is 33.6 Å². The molecule has 1 aliphatic rings. The highest BCUT2D eigenvalue weighted by molar-refractivity contribution is 7.21. The van der Waals surface area contributed by atoms with Gasteiger partial charge in [-0.3, -0.25) is 9.79 Å². The Morgan fingerprint density at radius 3 is 2.61 bits per heavy atom. The molecule has 4 rings (SSSR count). The molecule has 142 valence electrons. The molecule has 1 N–H and O–H groups in total. The maximum absolute atomic E-state index is 12.3. The molecular formula is C23H22N2O2S. The van der Waals surface area contributed by atoms with E-state index in [2.05, 4.69) is 30.1 Å². The molecule has 28 heavy (non-hydrogen) atoms. The molecule has 0 saturated carbocycles. The predicted molar refractivity (Wildman–Crippen MR) is 116 cm³/mol.